The maximum Gasteiger partial charge on any atom is 0.226 e. The fourth-order valence-corrected chi connectivity index (χ4v) is 2.99. The Morgan fingerprint density at radius 1 is 1.20 bits per heavy atom. The molecule has 1 N–H and O–H groups in total. The largest absolute Gasteiger partial charge is 0.326 e. The predicted molar refractivity (Wildman–Crippen MR) is 98.4 cm³/mol. The Morgan fingerprint density at radius 3 is 2.76 bits per heavy atom. The topological polar surface area (TPSA) is 49.4 Å². The molecule has 1 unspecified atom stereocenters. The summed E-state index contributed by atoms with van der Waals surface area (Å²) in [6, 6.07) is 14.6. The molecular formula is C21H18N2O2. The summed E-state index contributed by atoms with van der Waals surface area (Å²) in [5.41, 5.74) is 3.34. The highest BCUT2D eigenvalue weighted by Gasteiger charge is 2.28. The van der Waals surface area contributed by atoms with E-state index in [0.29, 0.717) is 11.3 Å². The second-order valence-corrected chi connectivity index (χ2v) is 5.86. The van der Waals surface area contributed by atoms with Crippen molar-refractivity contribution in [2.24, 2.45) is 0 Å². The van der Waals surface area contributed by atoms with Crippen LogP contribution in [0, 0.1) is 12.3 Å². The molecule has 2 amide bonds. The summed E-state index contributed by atoms with van der Waals surface area (Å²) in [6.45, 7) is 1.50. The molecule has 1 heterocycles. The standard InChI is InChI=1S/C21H18N2O2/c1-3-16-7-6-9-18(13-16)22-21(25)14-20-19-10-5-4-8-17(19)11-12-23(20)15(2)24/h1,4-13,20H,14H2,2H3,(H,22,25). The second kappa shape index (κ2) is 7.06. The van der Waals surface area contributed by atoms with E-state index in [9.17, 15) is 9.59 Å². The number of benzene rings is 2. The van der Waals surface area contributed by atoms with Crippen LogP contribution in [0.15, 0.2) is 54.7 Å². The molecule has 0 bridgehead atoms. The molecule has 124 valence electrons. The van der Waals surface area contributed by atoms with Crippen molar-refractivity contribution in [3.05, 3.63) is 71.4 Å². The van der Waals surface area contributed by atoms with Gasteiger partial charge in [0.05, 0.1) is 12.5 Å². The van der Waals surface area contributed by atoms with Crippen LogP contribution in [0.3, 0.4) is 0 Å². The Balaban J connectivity index is 1.81. The van der Waals surface area contributed by atoms with Crippen molar-refractivity contribution in [3.8, 4) is 12.3 Å². The van der Waals surface area contributed by atoms with E-state index in [4.69, 9.17) is 6.42 Å². The fraction of sp³-hybridized carbons (Fsp3) is 0.143. The maximum atomic E-state index is 12.5. The van der Waals surface area contributed by atoms with E-state index in [1.165, 1.54) is 6.92 Å². The molecule has 1 aliphatic heterocycles. The zero-order chi connectivity index (χ0) is 17.8. The first kappa shape index (κ1) is 16.5. The second-order valence-electron chi connectivity index (χ2n) is 5.86. The minimum atomic E-state index is -0.325. The van der Waals surface area contributed by atoms with Gasteiger partial charge in [-0.1, -0.05) is 36.3 Å². The first-order chi connectivity index (χ1) is 12.1. The quantitative estimate of drug-likeness (QED) is 0.875. The van der Waals surface area contributed by atoms with Crippen LogP contribution in [0.5, 0.6) is 0 Å². The molecule has 4 heteroatoms. The van der Waals surface area contributed by atoms with Crippen LogP contribution in [0.1, 0.15) is 36.1 Å². The summed E-state index contributed by atoms with van der Waals surface area (Å²) in [5.74, 6) is 2.27. The highest BCUT2D eigenvalue weighted by molar-refractivity contribution is 5.92. The van der Waals surface area contributed by atoms with Gasteiger partial charge in [-0.25, -0.2) is 0 Å². The SMILES string of the molecule is C#Cc1cccc(NC(=O)CC2c3ccccc3C=CN2C(C)=O)c1. The number of nitrogens with zero attached hydrogens (tertiary/aromatic N) is 1. The summed E-state index contributed by atoms with van der Waals surface area (Å²) in [5, 5.41) is 2.86. The number of amides is 2. The number of carbonyl (C=O) groups excluding carboxylic acids is 2. The van der Waals surface area contributed by atoms with Crippen LogP contribution >= 0.6 is 0 Å². The van der Waals surface area contributed by atoms with Gasteiger partial charge in [0.2, 0.25) is 11.8 Å². The van der Waals surface area contributed by atoms with Crippen molar-refractivity contribution in [2.45, 2.75) is 19.4 Å². The van der Waals surface area contributed by atoms with E-state index in [-0.39, 0.29) is 24.3 Å². The molecule has 0 saturated heterocycles. The van der Waals surface area contributed by atoms with Gasteiger partial charge >= 0.3 is 0 Å². The Hall–Kier alpha value is -3.32. The van der Waals surface area contributed by atoms with Gasteiger partial charge in [-0.05, 0) is 35.4 Å². The van der Waals surface area contributed by atoms with Crippen molar-refractivity contribution in [2.75, 3.05) is 5.32 Å². The first-order valence-corrected chi connectivity index (χ1v) is 8.01. The van der Waals surface area contributed by atoms with Crippen molar-refractivity contribution in [1.82, 2.24) is 4.90 Å². The molecule has 0 saturated carbocycles. The molecule has 25 heavy (non-hydrogen) atoms. The number of terminal acetylenes is 1. The van der Waals surface area contributed by atoms with Gasteiger partial charge in [0.25, 0.3) is 0 Å². The lowest BCUT2D eigenvalue weighted by atomic mass is 9.93. The number of carbonyl (C=O) groups is 2. The molecule has 2 aromatic rings. The van der Waals surface area contributed by atoms with E-state index in [1.54, 1.807) is 35.4 Å². The molecule has 1 atom stereocenters. The summed E-state index contributed by atoms with van der Waals surface area (Å²) >= 11 is 0. The number of fused-ring (bicyclic) bond motifs is 1. The lowest BCUT2D eigenvalue weighted by Gasteiger charge is -2.32. The molecule has 4 nitrogen and oxygen atoms in total. The van der Waals surface area contributed by atoms with Crippen LogP contribution in [0.4, 0.5) is 5.69 Å². The van der Waals surface area contributed by atoms with Gasteiger partial charge in [0.1, 0.15) is 0 Å². The van der Waals surface area contributed by atoms with E-state index < -0.39 is 0 Å². The molecule has 0 fully saturated rings. The first-order valence-electron chi connectivity index (χ1n) is 8.01. The van der Waals surface area contributed by atoms with E-state index in [1.807, 2.05) is 30.3 Å². The van der Waals surface area contributed by atoms with E-state index >= 15 is 0 Å². The summed E-state index contributed by atoms with van der Waals surface area (Å²) in [6.07, 6.45) is 9.19. The minimum absolute atomic E-state index is 0.0992. The fourth-order valence-electron chi connectivity index (χ4n) is 2.99. The average Bonchev–Trinajstić information content (AvgIpc) is 2.61. The minimum Gasteiger partial charge on any atom is -0.326 e. The van der Waals surface area contributed by atoms with Gasteiger partial charge < -0.3 is 10.2 Å². The smallest absolute Gasteiger partial charge is 0.226 e. The van der Waals surface area contributed by atoms with Gasteiger partial charge in [-0.2, -0.15) is 0 Å². The summed E-state index contributed by atoms with van der Waals surface area (Å²) in [4.78, 5) is 26.1. The van der Waals surface area contributed by atoms with Crippen LogP contribution in [0.2, 0.25) is 0 Å². The van der Waals surface area contributed by atoms with Gasteiger partial charge in [-0.15, -0.1) is 6.42 Å². The van der Waals surface area contributed by atoms with Crippen LogP contribution < -0.4 is 5.32 Å². The zero-order valence-electron chi connectivity index (χ0n) is 13.9. The summed E-state index contributed by atoms with van der Waals surface area (Å²) < 4.78 is 0. The molecule has 0 spiro atoms. The normalized spacial score (nSPS) is 15.2. The van der Waals surface area contributed by atoms with Crippen LogP contribution in [-0.2, 0) is 9.59 Å². The number of rotatable bonds is 3. The zero-order valence-corrected chi connectivity index (χ0v) is 13.9. The summed E-state index contributed by atoms with van der Waals surface area (Å²) in [7, 11) is 0. The number of hydrogen-bond donors (Lipinski definition) is 1. The lowest BCUT2D eigenvalue weighted by Crippen LogP contribution is -2.33. The lowest BCUT2D eigenvalue weighted by molar-refractivity contribution is -0.129. The Morgan fingerprint density at radius 2 is 2.00 bits per heavy atom. The molecule has 0 aliphatic carbocycles. The monoisotopic (exact) mass is 330 g/mol. The van der Waals surface area contributed by atoms with Crippen LogP contribution in [-0.4, -0.2) is 16.7 Å². The number of anilines is 1. The van der Waals surface area contributed by atoms with Crippen molar-refractivity contribution in [1.29, 1.82) is 0 Å². The maximum absolute atomic E-state index is 12.5. The van der Waals surface area contributed by atoms with Crippen molar-refractivity contribution >= 4 is 23.6 Å². The molecule has 0 aromatic heterocycles. The molecule has 2 aromatic carbocycles. The van der Waals surface area contributed by atoms with Gasteiger partial charge in [0.15, 0.2) is 0 Å². The Kier molecular flexibility index (Phi) is 4.67. The highest BCUT2D eigenvalue weighted by Crippen LogP contribution is 2.33. The van der Waals surface area contributed by atoms with Crippen molar-refractivity contribution in [3.63, 3.8) is 0 Å². The third kappa shape index (κ3) is 3.61. The number of nitrogens with one attached hydrogen (secondary N) is 1. The van der Waals surface area contributed by atoms with E-state index in [0.717, 1.165) is 11.1 Å². The molecule has 3 rings (SSSR count). The molecule has 1 aliphatic rings. The van der Waals surface area contributed by atoms with Gasteiger partial charge in [0, 0.05) is 24.4 Å². The van der Waals surface area contributed by atoms with Crippen molar-refractivity contribution < 1.29 is 9.59 Å². The molecular weight excluding hydrogens is 312 g/mol. The number of hydrogen-bond acceptors (Lipinski definition) is 2. The third-order valence-corrected chi connectivity index (χ3v) is 4.16. The van der Waals surface area contributed by atoms with E-state index in [2.05, 4.69) is 11.2 Å². The highest BCUT2D eigenvalue weighted by atomic mass is 16.2. The molecule has 0 radical (unpaired) electrons. The Bertz CT molecular complexity index is 893. The third-order valence-electron chi connectivity index (χ3n) is 4.16. The van der Waals surface area contributed by atoms with Gasteiger partial charge in [-0.3, -0.25) is 9.59 Å². The predicted octanol–water partition coefficient (Wildman–Crippen LogP) is 3.57. The van der Waals surface area contributed by atoms with Crippen LogP contribution in [0.25, 0.3) is 6.08 Å². The Labute approximate surface area is 147 Å². The average molecular weight is 330 g/mol.